The highest BCUT2D eigenvalue weighted by Gasteiger charge is 2.24. The van der Waals surface area contributed by atoms with E-state index in [9.17, 15) is 15.2 Å². The van der Waals surface area contributed by atoms with Gasteiger partial charge in [-0.25, -0.2) is 4.98 Å². The van der Waals surface area contributed by atoms with E-state index in [-0.39, 0.29) is 23.6 Å². The molecular weight excluding hydrogens is 388 g/mol. The maximum atomic E-state index is 12.0. The van der Waals surface area contributed by atoms with Crippen molar-refractivity contribution in [1.29, 1.82) is 5.26 Å². The molecule has 1 aliphatic rings. The number of nitrogens with zero attached hydrogens (tertiary/aromatic N) is 2. The minimum absolute atomic E-state index is 0.0451. The van der Waals surface area contributed by atoms with E-state index >= 15 is 0 Å². The number of nitriles is 1. The molecule has 7 heteroatoms. The fourth-order valence-corrected chi connectivity index (χ4v) is 4.29. The number of thioether (sulfide) groups is 1. The number of phenolic OH excluding ortho intramolecular Hbond substituents is 1. The number of esters is 1. The van der Waals surface area contributed by atoms with Gasteiger partial charge in [0.1, 0.15) is 11.1 Å². The van der Waals surface area contributed by atoms with E-state index in [4.69, 9.17) is 14.5 Å². The van der Waals surface area contributed by atoms with Crippen molar-refractivity contribution >= 4 is 17.7 Å². The molecule has 0 radical (unpaired) electrons. The van der Waals surface area contributed by atoms with Crippen molar-refractivity contribution in [1.82, 2.24) is 4.98 Å². The number of rotatable bonds is 6. The molecule has 0 fully saturated rings. The van der Waals surface area contributed by atoms with Crippen LogP contribution in [0, 0.1) is 11.3 Å². The summed E-state index contributed by atoms with van der Waals surface area (Å²) >= 11 is 1.23. The zero-order valence-corrected chi connectivity index (χ0v) is 17.6. The highest BCUT2D eigenvalue weighted by Crippen LogP contribution is 2.40. The fraction of sp³-hybridized carbons (Fsp3) is 0.409. The molecule has 3 rings (SSSR count). The smallest absolute Gasteiger partial charge is 0.316 e. The number of benzene rings is 1. The average molecular weight is 413 g/mol. The Morgan fingerprint density at radius 3 is 2.79 bits per heavy atom. The third kappa shape index (κ3) is 4.65. The van der Waals surface area contributed by atoms with Crippen LogP contribution in [0.15, 0.2) is 23.2 Å². The normalized spacial score (nSPS) is 12.9. The first-order valence-electron chi connectivity index (χ1n) is 9.60. The molecule has 0 saturated carbocycles. The lowest BCUT2D eigenvalue weighted by molar-refractivity contribution is -0.144. The molecule has 1 aromatic heterocycles. The fourth-order valence-electron chi connectivity index (χ4n) is 3.50. The summed E-state index contributed by atoms with van der Waals surface area (Å²) in [5.74, 6) is 0.157. The maximum Gasteiger partial charge on any atom is 0.316 e. The molecule has 1 N–H and O–H groups in total. The van der Waals surface area contributed by atoms with Crippen LogP contribution in [0.1, 0.15) is 43.5 Å². The Kier molecular flexibility index (Phi) is 6.65. The van der Waals surface area contributed by atoms with Gasteiger partial charge < -0.3 is 14.6 Å². The second kappa shape index (κ2) is 9.19. The van der Waals surface area contributed by atoms with Crippen molar-refractivity contribution in [2.75, 3.05) is 12.9 Å². The third-order valence-corrected chi connectivity index (χ3v) is 5.66. The molecule has 0 atom stereocenters. The van der Waals surface area contributed by atoms with Gasteiger partial charge in [0.25, 0.3) is 0 Å². The lowest BCUT2D eigenvalue weighted by Crippen LogP contribution is -2.14. The topological polar surface area (TPSA) is 92.4 Å². The van der Waals surface area contributed by atoms with Crippen LogP contribution in [0.4, 0.5) is 0 Å². The van der Waals surface area contributed by atoms with Crippen LogP contribution in [-0.2, 0) is 22.4 Å². The van der Waals surface area contributed by atoms with Gasteiger partial charge in [0.15, 0.2) is 11.5 Å². The Labute approximate surface area is 174 Å². The first-order valence-corrected chi connectivity index (χ1v) is 10.6. The minimum Gasteiger partial charge on any atom is -0.504 e. The van der Waals surface area contributed by atoms with Crippen LogP contribution in [-0.4, -0.2) is 35.0 Å². The first-order chi connectivity index (χ1) is 13.9. The number of phenols is 1. The molecule has 152 valence electrons. The molecule has 6 nitrogen and oxygen atoms in total. The molecule has 0 spiro atoms. The van der Waals surface area contributed by atoms with E-state index in [1.165, 1.54) is 18.9 Å². The Bertz CT molecular complexity index is 966. The Morgan fingerprint density at radius 2 is 2.10 bits per heavy atom. The van der Waals surface area contributed by atoms with Crippen LogP contribution in [0.2, 0.25) is 0 Å². The van der Waals surface area contributed by atoms with E-state index in [0.29, 0.717) is 16.3 Å². The van der Waals surface area contributed by atoms with Gasteiger partial charge in [-0.05, 0) is 62.8 Å². The summed E-state index contributed by atoms with van der Waals surface area (Å²) in [6.07, 6.45) is 3.58. The quantitative estimate of drug-likeness (QED) is 0.560. The van der Waals surface area contributed by atoms with E-state index in [0.717, 1.165) is 48.1 Å². The van der Waals surface area contributed by atoms with Crippen LogP contribution in [0.25, 0.3) is 11.1 Å². The number of aromatic nitrogens is 1. The standard InChI is InChI=1S/C22H24N2O4S/c1-13(2)28-20(26)12-29-22-16(11-23)21(15-6-4-5-7-17(15)24-22)14-8-9-18(25)19(10-14)27-3/h8-10,13,25H,4-7,12H2,1-3H3. The summed E-state index contributed by atoms with van der Waals surface area (Å²) in [5, 5.41) is 20.5. The second-order valence-electron chi connectivity index (χ2n) is 7.13. The summed E-state index contributed by atoms with van der Waals surface area (Å²) < 4.78 is 10.5. The number of hydrogen-bond acceptors (Lipinski definition) is 7. The molecular formula is C22H24N2O4S. The number of pyridine rings is 1. The summed E-state index contributed by atoms with van der Waals surface area (Å²) in [6.45, 7) is 3.60. The molecule has 2 aromatic rings. The number of carbonyl (C=O) groups excluding carboxylic acids is 1. The zero-order valence-electron chi connectivity index (χ0n) is 16.8. The Morgan fingerprint density at radius 1 is 1.34 bits per heavy atom. The molecule has 0 aliphatic heterocycles. The maximum absolute atomic E-state index is 12.0. The molecule has 0 unspecified atom stereocenters. The van der Waals surface area contributed by atoms with Crippen molar-refractivity contribution in [2.24, 2.45) is 0 Å². The largest absolute Gasteiger partial charge is 0.504 e. The molecule has 1 aliphatic carbocycles. The van der Waals surface area contributed by atoms with Gasteiger partial charge in [0.05, 0.1) is 24.5 Å². The first kappa shape index (κ1) is 21.0. The minimum atomic E-state index is -0.332. The lowest BCUT2D eigenvalue weighted by atomic mass is 9.87. The summed E-state index contributed by atoms with van der Waals surface area (Å²) in [5.41, 5.74) is 4.09. The van der Waals surface area contributed by atoms with E-state index in [1.54, 1.807) is 32.0 Å². The van der Waals surface area contributed by atoms with E-state index < -0.39 is 0 Å². The Hall–Kier alpha value is -2.72. The van der Waals surface area contributed by atoms with Crippen molar-refractivity contribution in [2.45, 2.75) is 50.7 Å². The predicted molar refractivity (Wildman–Crippen MR) is 111 cm³/mol. The van der Waals surface area contributed by atoms with Gasteiger partial charge in [-0.1, -0.05) is 17.8 Å². The number of carbonyl (C=O) groups is 1. The molecule has 0 amide bonds. The summed E-state index contributed by atoms with van der Waals surface area (Å²) in [6, 6.07) is 7.38. The van der Waals surface area contributed by atoms with Gasteiger partial charge in [0.2, 0.25) is 0 Å². The highest BCUT2D eigenvalue weighted by molar-refractivity contribution is 7.99. The number of aromatic hydroxyl groups is 1. The van der Waals surface area contributed by atoms with Crippen LogP contribution >= 0.6 is 11.8 Å². The SMILES string of the molecule is COc1cc(-c2c(C#N)c(SCC(=O)OC(C)C)nc3c2CCCC3)ccc1O. The average Bonchev–Trinajstić information content (AvgIpc) is 2.71. The van der Waals surface area contributed by atoms with Gasteiger partial charge in [-0.3, -0.25) is 4.79 Å². The number of ether oxygens (including phenoxy) is 2. The number of hydrogen-bond donors (Lipinski definition) is 1. The predicted octanol–water partition coefficient (Wildman–Crippen LogP) is 4.26. The number of methoxy groups -OCH3 is 1. The van der Waals surface area contributed by atoms with Crippen molar-refractivity contribution in [3.8, 4) is 28.7 Å². The Balaban J connectivity index is 2.09. The van der Waals surface area contributed by atoms with Crippen LogP contribution < -0.4 is 4.74 Å². The van der Waals surface area contributed by atoms with Gasteiger partial charge in [0, 0.05) is 11.3 Å². The van der Waals surface area contributed by atoms with Gasteiger partial charge in [-0.15, -0.1) is 0 Å². The summed E-state index contributed by atoms with van der Waals surface area (Å²) in [4.78, 5) is 16.7. The molecule has 0 saturated heterocycles. The summed E-state index contributed by atoms with van der Waals surface area (Å²) in [7, 11) is 1.49. The number of aryl methyl sites for hydroxylation is 1. The van der Waals surface area contributed by atoms with Crippen molar-refractivity contribution in [3.63, 3.8) is 0 Å². The monoisotopic (exact) mass is 412 g/mol. The third-order valence-electron chi connectivity index (χ3n) is 4.71. The molecule has 0 bridgehead atoms. The highest BCUT2D eigenvalue weighted by atomic mass is 32.2. The van der Waals surface area contributed by atoms with E-state index in [1.807, 2.05) is 0 Å². The number of fused-ring (bicyclic) bond motifs is 1. The van der Waals surface area contributed by atoms with Crippen LogP contribution in [0.3, 0.4) is 0 Å². The zero-order chi connectivity index (χ0) is 21.0. The molecule has 1 aromatic carbocycles. The van der Waals surface area contributed by atoms with Crippen molar-refractivity contribution in [3.05, 3.63) is 35.0 Å². The molecule has 29 heavy (non-hydrogen) atoms. The van der Waals surface area contributed by atoms with Crippen LogP contribution in [0.5, 0.6) is 11.5 Å². The second-order valence-corrected chi connectivity index (χ2v) is 8.09. The van der Waals surface area contributed by atoms with Crippen molar-refractivity contribution < 1.29 is 19.4 Å². The lowest BCUT2D eigenvalue weighted by Gasteiger charge is -2.22. The van der Waals surface area contributed by atoms with Gasteiger partial charge in [-0.2, -0.15) is 5.26 Å². The molecule has 1 heterocycles. The van der Waals surface area contributed by atoms with Gasteiger partial charge >= 0.3 is 5.97 Å². The van der Waals surface area contributed by atoms with E-state index in [2.05, 4.69) is 6.07 Å².